The molecule has 2 saturated heterocycles. The van der Waals surface area contributed by atoms with Crippen molar-refractivity contribution in [2.75, 3.05) is 12.3 Å². The monoisotopic (exact) mass is 382 g/mol. The first-order valence-electron chi connectivity index (χ1n) is 8.39. The largest absolute Gasteiger partial charge is 0.387 e. The van der Waals surface area contributed by atoms with Gasteiger partial charge in [0.15, 0.2) is 6.10 Å². The van der Waals surface area contributed by atoms with Gasteiger partial charge in [-0.05, 0) is 12.0 Å². The minimum atomic E-state index is -1.89. The lowest BCUT2D eigenvalue weighted by Crippen LogP contribution is -2.54. The summed E-state index contributed by atoms with van der Waals surface area (Å²) in [6, 6.07) is 8.73. The van der Waals surface area contributed by atoms with Crippen LogP contribution in [0.15, 0.2) is 30.3 Å². The molecule has 3 rings (SSSR count). The van der Waals surface area contributed by atoms with Gasteiger partial charge in [0.25, 0.3) is 5.91 Å². The number of rotatable bonds is 4. The van der Waals surface area contributed by atoms with Gasteiger partial charge in [-0.3, -0.25) is 9.59 Å². The van der Waals surface area contributed by atoms with Crippen LogP contribution in [0.2, 0.25) is 0 Å². The van der Waals surface area contributed by atoms with Gasteiger partial charge >= 0.3 is 0 Å². The van der Waals surface area contributed by atoms with Crippen LogP contribution in [0.3, 0.4) is 0 Å². The summed E-state index contributed by atoms with van der Waals surface area (Å²) >= 11 is 1.14. The molecule has 0 spiro atoms. The van der Waals surface area contributed by atoms with Crippen LogP contribution >= 0.6 is 11.8 Å². The molecule has 0 aromatic heterocycles. The van der Waals surface area contributed by atoms with E-state index < -0.39 is 47.6 Å². The molecule has 142 valence electrons. The van der Waals surface area contributed by atoms with E-state index in [-0.39, 0.29) is 5.75 Å². The molecule has 1 aromatic rings. The molecule has 0 bridgehead atoms. The molecule has 9 heteroatoms. The fourth-order valence-electron chi connectivity index (χ4n) is 3.22. The minimum absolute atomic E-state index is 0.236. The second-order valence-corrected chi connectivity index (χ2v) is 7.58. The van der Waals surface area contributed by atoms with Crippen molar-refractivity contribution >= 4 is 23.6 Å². The van der Waals surface area contributed by atoms with E-state index in [9.17, 15) is 30.0 Å². The third-order valence-corrected chi connectivity index (χ3v) is 6.07. The lowest BCUT2D eigenvalue weighted by molar-refractivity contribution is -0.151. The van der Waals surface area contributed by atoms with E-state index in [0.717, 1.165) is 22.2 Å². The zero-order chi connectivity index (χ0) is 18.8. The number of thioether (sulfide) groups is 1. The molecular weight excluding hydrogens is 360 g/mol. The number of benzene rings is 1. The van der Waals surface area contributed by atoms with Gasteiger partial charge in [0.05, 0.1) is 0 Å². The average Bonchev–Trinajstić information content (AvgIpc) is 3.08. The normalized spacial score (nSPS) is 34.3. The quantitative estimate of drug-likeness (QED) is 0.410. The van der Waals surface area contributed by atoms with E-state index in [0.29, 0.717) is 13.0 Å². The molecule has 2 heterocycles. The first-order valence-corrected chi connectivity index (χ1v) is 9.44. The van der Waals surface area contributed by atoms with Crippen LogP contribution in [0.25, 0.3) is 0 Å². The van der Waals surface area contributed by atoms with Crippen molar-refractivity contribution < 1.29 is 30.0 Å². The highest BCUT2D eigenvalue weighted by Crippen LogP contribution is 2.36. The number of carbonyl (C=O) groups is 2. The first kappa shape index (κ1) is 19.1. The van der Waals surface area contributed by atoms with Crippen molar-refractivity contribution in [2.45, 2.75) is 42.3 Å². The molecule has 0 aliphatic carbocycles. The molecule has 6 atom stereocenters. The highest BCUT2D eigenvalue weighted by Gasteiger charge is 2.53. The minimum Gasteiger partial charge on any atom is -0.387 e. The summed E-state index contributed by atoms with van der Waals surface area (Å²) in [6.07, 6.45) is -6.19. The molecule has 2 aliphatic heterocycles. The summed E-state index contributed by atoms with van der Waals surface area (Å²) in [5, 5.41) is 41.7. The number of carbonyl (C=O) groups excluding carboxylic acids is 2. The van der Waals surface area contributed by atoms with Gasteiger partial charge in [0, 0.05) is 12.3 Å². The summed E-state index contributed by atoms with van der Waals surface area (Å²) in [7, 11) is 0. The Balaban J connectivity index is 1.66. The number of nitrogens with one attached hydrogen (secondary N) is 1. The van der Waals surface area contributed by atoms with Crippen LogP contribution in [0, 0.1) is 0 Å². The molecular formula is C17H22N2O6S. The third kappa shape index (κ3) is 3.58. The summed E-state index contributed by atoms with van der Waals surface area (Å²) in [4.78, 5) is 26.0. The molecule has 26 heavy (non-hydrogen) atoms. The van der Waals surface area contributed by atoms with Crippen LogP contribution in [0.1, 0.15) is 5.56 Å². The lowest BCUT2D eigenvalue weighted by atomic mass is 10.1. The Kier molecular flexibility index (Phi) is 5.83. The Morgan fingerprint density at radius 1 is 1.12 bits per heavy atom. The fourth-order valence-corrected chi connectivity index (χ4v) is 4.68. The van der Waals surface area contributed by atoms with Crippen molar-refractivity contribution in [2.24, 2.45) is 0 Å². The van der Waals surface area contributed by atoms with Crippen molar-refractivity contribution in [1.29, 1.82) is 0 Å². The summed E-state index contributed by atoms with van der Waals surface area (Å²) in [5.41, 5.74) is 1.06. The summed E-state index contributed by atoms with van der Waals surface area (Å²) in [6.45, 7) is 0.382. The predicted octanol–water partition coefficient (Wildman–Crippen LogP) is -1.93. The first-order chi connectivity index (χ1) is 12.4. The second kappa shape index (κ2) is 7.93. The second-order valence-electron chi connectivity index (χ2n) is 6.43. The van der Waals surface area contributed by atoms with Gasteiger partial charge in [0.1, 0.15) is 29.7 Å². The van der Waals surface area contributed by atoms with E-state index in [1.165, 1.54) is 0 Å². The maximum Gasteiger partial charge on any atom is 0.255 e. The van der Waals surface area contributed by atoms with Crippen molar-refractivity contribution in [3.63, 3.8) is 0 Å². The number of hydrogen-bond acceptors (Lipinski definition) is 7. The topological polar surface area (TPSA) is 130 Å². The molecule has 5 N–H and O–H groups in total. The van der Waals surface area contributed by atoms with E-state index in [2.05, 4.69) is 5.32 Å². The van der Waals surface area contributed by atoms with E-state index in [1.807, 2.05) is 30.3 Å². The van der Waals surface area contributed by atoms with Crippen LogP contribution in [-0.4, -0.2) is 85.3 Å². The van der Waals surface area contributed by atoms with Crippen LogP contribution in [-0.2, 0) is 16.0 Å². The smallest absolute Gasteiger partial charge is 0.255 e. The van der Waals surface area contributed by atoms with Crippen LogP contribution < -0.4 is 5.32 Å². The highest BCUT2D eigenvalue weighted by molar-refractivity contribution is 8.00. The van der Waals surface area contributed by atoms with Gasteiger partial charge in [-0.2, -0.15) is 0 Å². The Morgan fingerprint density at radius 3 is 2.50 bits per heavy atom. The number of aliphatic hydroxyl groups is 4. The summed E-state index contributed by atoms with van der Waals surface area (Å²) in [5.74, 6) is -1.03. The highest BCUT2D eigenvalue weighted by atomic mass is 32.2. The van der Waals surface area contributed by atoms with Crippen LogP contribution in [0.5, 0.6) is 0 Å². The van der Waals surface area contributed by atoms with Gasteiger partial charge in [-0.25, -0.2) is 0 Å². The average molecular weight is 382 g/mol. The zero-order valence-corrected chi connectivity index (χ0v) is 14.7. The van der Waals surface area contributed by atoms with Gasteiger partial charge in [-0.15, -0.1) is 11.8 Å². The Hall–Kier alpha value is -1.65. The molecule has 2 fully saturated rings. The third-order valence-electron chi connectivity index (χ3n) is 4.72. The molecule has 1 aromatic carbocycles. The number of fused-ring (bicyclic) bond motifs is 1. The Bertz CT molecular complexity index is 660. The lowest BCUT2D eigenvalue weighted by Gasteiger charge is -2.29. The molecule has 2 aliphatic rings. The Labute approximate surface area is 154 Å². The zero-order valence-electron chi connectivity index (χ0n) is 13.9. The SMILES string of the molecule is O=C(NCCc1ccccc1)[C@@H]1CS[C@@H]2[C@H](O)[C@@H](O)[C@H](O)[C@H](O)C(=O)N21. The molecule has 2 amide bonds. The van der Waals surface area contributed by atoms with Crippen molar-refractivity contribution in [3.8, 4) is 0 Å². The van der Waals surface area contributed by atoms with Crippen molar-refractivity contribution in [3.05, 3.63) is 35.9 Å². The van der Waals surface area contributed by atoms with E-state index >= 15 is 0 Å². The predicted molar refractivity (Wildman–Crippen MR) is 94.1 cm³/mol. The number of amides is 2. The number of hydrogen-bond donors (Lipinski definition) is 5. The Morgan fingerprint density at radius 2 is 1.81 bits per heavy atom. The molecule has 8 nitrogen and oxygen atoms in total. The van der Waals surface area contributed by atoms with Gasteiger partial charge in [-0.1, -0.05) is 30.3 Å². The standard InChI is InChI=1S/C17H22N2O6S/c20-11-12(21)14(23)17-19(16(25)13(11)22)10(8-26-17)15(24)18-7-6-9-4-2-1-3-5-9/h1-5,10-14,17,20-23H,6-8H2,(H,18,24)/t10-,11-,12-,13-,14+,17+/m0/s1. The molecule has 0 saturated carbocycles. The number of aliphatic hydroxyl groups excluding tert-OH is 4. The maximum atomic E-state index is 12.5. The fraction of sp³-hybridized carbons (Fsp3) is 0.529. The van der Waals surface area contributed by atoms with Crippen molar-refractivity contribution in [1.82, 2.24) is 10.2 Å². The van der Waals surface area contributed by atoms with Gasteiger partial charge < -0.3 is 30.6 Å². The number of nitrogens with zero attached hydrogens (tertiary/aromatic N) is 1. The van der Waals surface area contributed by atoms with Crippen LogP contribution in [0.4, 0.5) is 0 Å². The van der Waals surface area contributed by atoms with E-state index in [1.54, 1.807) is 0 Å². The molecule has 0 unspecified atom stereocenters. The van der Waals surface area contributed by atoms with E-state index in [4.69, 9.17) is 0 Å². The molecule has 0 radical (unpaired) electrons. The maximum absolute atomic E-state index is 12.5. The summed E-state index contributed by atoms with van der Waals surface area (Å²) < 4.78 is 0. The van der Waals surface area contributed by atoms with Gasteiger partial charge in [0.2, 0.25) is 5.91 Å².